The summed E-state index contributed by atoms with van der Waals surface area (Å²) in [6, 6.07) is 8.29. The molecule has 0 fully saturated rings. The van der Waals surface area contributed by atoms with Gasteiger partial charge in [0.1, 0.15) is 0 Å². The lowest BCUT2D eigenvalue weighted by atomic mass is 10.2. The van der Waals surface area contributed by atoms with Gasteiger partial charge in [0.2, 0.25) is 0 Å². The predicted molar refractivity (Wildman–Crippen MR) is 84.8 cm³/mol. The summed E-state index contributed by atoms with van der Waals surface area (Å²) in [5.41, 5.74) is 2.26. The fraction of sp³-hybridized carbons (Fsp3) is 0.562. The third-order valence-corrected chi connectivity index (χ3v) is 3.36. The zero-order valence-electron chi connectivity index (χ0n) is 12.8. The number of nitrogens with zero attached hydrogens (tertiary/aromatic N) is 2. The van der Waals surface area contributed by atoms with Gasteiger partial charge >= 0.3 is 5.97 Å². The van der Waals surface area contributed by atoms with Gasteiger partial charge in [-0.15, -0.1) is 0 Å². The molecular weight excluding hydrogens is 252 g/mol. The number of carboxylic acid groups (broad SMARTS) is 1. The zero-order chi connectivity index (χ0) is 15.0. The summed E-state index contributed by atoms with van der Waals surface area (Å²) in [5.74, 6) is -0.740. The summed E-state index contributed by atoms with van der Waals surface area (Å²) in [6.07, 6.45) is 3.64. The Labute approximate surface area is 122 Å². The van der Waals surface area contributed by atoms with Crippen molar-refractivity contribution in [3.8, 4) is 0 Å². The van der Waals surface area contributed by atoms with E-state index in [-0.39, 0.29) is 6.42 Å². The molecule has 112 valence electrons. The predicted octanol–water partition coefficient (Wildman–Crippen LogP) is 3.22. The lowest BCUT2D eigenvalue weighted by Crippen LogP contribution is -2.27. The maximum Gasteiger partial charge on any atom is 0.305 e. The van der Waals surface area contributed by atoms with E-state index >= 15 is 0 Å². The van der Waals surface area contributed by atoms with E-state index in [1.54, 1.807) is 0 Å². The largest absolute Gasteiger partial charge is 0.481 e. The molecule has 0 spiro atoms. The number of benzene rings is 1. The molecule has 0 bridgehead atoms. The number of hydrogen-bond donors (Lipinski definition) is 1. The number of carboxylic acids is 1. The summed E-state index contributed by atoms with van der Waals surface area (Å²) in [7, 11) is 4.02. The first-order chi connectivity index (χ1) is 9.54. The van der Waals surface area contributed by atoms with E-state index in [2.05, 4.69) is 41.0 Å². The van der Waals surface area contributed by atoms with Crippen LogP contribution in [0.4, 0.5) is 11.4 Å². The first kappa shape index (κ1) is 16.3. The Balaban J connectivity index is 2.71. The highest BCUT2D eigenvalue weighted by Crippen LogP contribution is 2.20. The highest BCUT2D eigenvalue weighted by Gasteiger charge is 2.08. The minimum absolute atomic E-state index is 0.182. The third kappa shape index (κ3) is 5.51. The Morgan fingerprint density at radius 3 is 2.15 bits per heavy atom. The molecule has 0 aromatic heterocycles. The molecule has 0 aliphatic carbocycles. The molecule has 0 atom stereocenters. The van der Waals surface area contributed by atoms with Crippen LogP contribution in [0.15, 0.2) is 24.3 Å². The van der Waals surface area contributed by atoms with Gasteiger partial charge in [-0.05, 0) is 30.7 Å². The van der Waals surface area contributed by atoms with Crippen LogP contribution >= 0.6 is 0 Å². The lowest BCUT2D eigenvalue weighted by Gasteiger charge is -2.25. The molecule has 0 amide bonds. The van der Waals surface area contributed by atoms with Gasteiger partial charge in [0.25, 0.3) is 0 Å². The number of aliphatic carboxylic acids is 1. The highest BCUT2D eigenvalue weighted by atomic mass is 16.4. The SMILES string of the molecule is CCCCCN(CCC(=O)O)c1ccc(N(C)C)cc1. The first-order valence-corrected chi connectivity index (χ1v) is 7.28. The summed E-state index contributed by atoms with van der Waals surface area (Å²) >= 11 is 0. The first-order valence-electron chi connectivity index (χ1n) is 7.28. The van der Waals surface area contributed by atoms with Gasteiger partial charge in [-0.1, -0.05) is 19.8 Å². The quantitative estimate of drug-likeness (QED) is 0.704. The Morgan fingerprint density at radius 2 is 1.65 bits per heavy atom. The van der Waals surface area contributed by atoms with Crippen molar-refractivity contribution in [3.05, 3.63) is 24.3 Å². The van der Waals surface area contributed by atoms with Crippen molar-refractivity contribution in [2.75, 3.05) is 37.0 Å². The average molecular weight is 278 g/mol. The molecule has 20 heavy (non-hydrogen) atoms. The maximum absolute atomic E-state index is 10.8. The smallest absolute Gasteiger partial charge is 0.305 e. The normalized spacial score (nSPS) is 10.3. The van der Waals surface area contributed by atoms with Crippen LogP contribution in [0.3, 0.4) is 0 Å². The molecule has 0 saturated carbocycles. The van der Waals surface area contributed by atoms with Crippen LogP contribution < -0.4 is 9.80 Å². The van der Waals surface area contributed by atoms with Crippen molar-refractivity contribution >= 4 is 17.3 Å². The second kappa shape index (κ2) is 8.46. The molecule has 4 heteroatoms. The van der Waals surface area contributed by atoms with Gasteiger partial charge in [0.05, 0.1) is 6.42 Å². The molecule has 0 saturated heterocycles. The third-order valence-electron chi connectivity index (χ3n) is 3.36. The molecule has 0 aliphatic heterocycles. The topological polar surface area (TPSA) is 43.8 Å². The number of hydrogen-bond acceptors (Lipinski definition) is 3. The maximum atomic E-state index is 10.8. The Hall–Kier alpha value is -1.71. The molecule has 0 aliphatic rings. The van der Waals surface area contributed by atoms with E-state index in [0.717, 1.165) is 24.3 Å². The highest BCUT2D eigenvalue weighted by molar-refractivity contribution is 5.68. The van der Waals surface area contributed by atoms with Crippen molar-refractivity contribution < 1.29 is 9.90 Å². The summed E-state index contributed by atoms with van der Waals surface area (Å²) in [5, 5.41) is 8.86. The van der Waals surface area contributed by atoms with Crippen LogP contribution in [-0.2, 0) is 4.79 Å². The Kier molecular flexibility index (Phi) is 6.91. The molecule has 0 heterocycles. The summed E-state index contributed by atoms with van der Waals surface area (Å²) in [4.78, 5) is 15.0. The van der Waals surface area contributed by atoms with E-state index in [0.29, 0.717) is 6.54 Å². The number of unbranched alkanes of at least 4 members (excludes halogenated alkanes) is 2. The Bertz CT molecular complexity index is 401. The fourth-order valence-corrected chi connectivity index (χ4v) is 2.11. The van der Waals surface area contributed by atoms with Crippen LogP contribution in [0.25, 0.3) is 0 Å². The molecule has 1 rings (SSSR count). The van der Waals surface area contributed by atoms with Crippen molar-refractivity contribution in [1.29, 1.82) is 0 Å². The molecule has 1 aromatic carbocycles. The Morgan fingerprint density at radius 1 is 1.05 bits per heavy atom. The monoisotopic (exact) mass is 278 g/mol. The van der Waals surface area contributed by atoms with Gasteiger partial charge in [-0.3, -0.25) is 4.79 Å². The van der Waals surface area contributed by atoms with E-state index in [9.17, 15) is 4.79 Å². The van der Waals surface area contributed by atoms with Crippen molar-refractivity contribution in [1.82, 2.24) is 0 Å². The standard InChI is InChI=1S/C16H26N2O2/c1-4-5-6-12-18(13-11-16(19)20)15-9-7-14(8-10-15)17(2)3/h7-10H,4-6,11-13H2,1-3H3,(H,19,20). The minimum Gasteiger partial charge on any atom is -0.481 e. The van der Waals surface area contributed by atoms with E-state index < -0.39 is 5.97 Å². The molecule has 0 unspecified atom stereocenters. The van der Waals surface area contributed by atoms with Gasteiger partial charge in [-0.25, -0.2) is 0 Å². The molecule has 0 radical (unpaired) electrons. The van der Waals surface area contributed by atoms with Crippen LogP contribution in [0.2, 0.25) is 0 Å². The van der Waals surface area contributed by atoms with Crippen LogP contribution in [-0.4, -0.2) is 38.3 Å². The van der Waals surface area contributed by atoms with Crippen LogP contribution in [0, 0.1) is 0 Å². The van der Waals surface area contributed by atoms with Gasteiger partial charge in [0, 0.05) is 38.6 Å². The van der Waals surface area contributed by atoms with Crippen molar-refractivity contribution in [2.45, 2.75) is 32.6 Å². The van der Waals surface area contributed by atoms with Gasteiger partial charge < -0.3 is 14.9 Å². The van der Waals surface area contributed by atoms with Crippen LogP contribution in [0.1, 0.15) is 32.6 Å². The van der Waals surface area contributed by atoms with Crippen molar-refractivity contribution in [3.63, 3.8) is 0 Å². The number of anilines is 2. The van der Waals surface area contributed by atoms with Gasteiger partial charge in [-0.2, -0.15) is 0 Å². The second-order valence-corrected chi connectivity index (χ2v) is 5.25. The van der Waals surface area contributed by atoms with Crippen molar-refractivity contribution in [2.24, 2.45) is 0 Å². The summed E-state index contributed by atoms with van der Waals surface area (Å²) in [6.45, 7) is 3.66. The number of carbonyl (C=O) groups is 1. The lowest BCUT2D eigenvalue weighted by molar-refractivity contribution is -0.136. The van der Waals surface area contributed by atoms with E-state index in [4.69, 9.17) is 5.11 Å². The van der Waals surface area contributed by atoms with Crippen LogP contribution in [0.5, 0.6) is 0 Å². The average Bonchev–Trinajstić information content (AvgIpc) is 2.42. The molecule has 1 N–H and O–H groups in total. The second-order valence-electron chi connectivity index (χ2n) is 5.25. The fourth-order valence-electron chi connectivity index (χ4n) is 2.11. The molecule has 1 aromatic rings. The molecule has 4 nitrogen and oxygen atoms in total. The minimum atomic E-state index is -0.740. The van der Waals surface area contributed by atoms with E-state index in [1.807, 2.05) is 14.1 Å². The number of rotatable bonds is 9. The zero-order valence-corrected chi connectivity index (χ0v) is 12.8. The summed E-state index contributed by atoms with van der Waals surface area (Å²) < 4.78 is 0. The van der Waals surface area contributed by atoms with E-state index in [1.165, 1.54) is 12.8 Å². The van der Waals surface area contributed by atoms with Gasteiger partial charge in [0.15, 0.2) is 0 Å². The molecular formula is C16H26N2O2.